The number of ether oxygens (including phenoxy) is 2. The molecule has 1 aliphatic carbocycles. The van der Waals surface area contributed by atoms with Crippen LogP contribution in [0.1, 0.15) is 47.0 Å². The van der Waals surface area contributed by atoms with E-state index in [1.165, 1.54) is 6.08 Å². The van der Waals surface area contributed by atoms with Gasteiger partial charge in [0.25, 0.3) is 0 Å². The van der Waals surface area contributed by atoms with Gasteiger partial charge in [-0.25, -0.2) is 8.42 Å². The molecule has 7 nitrogen and oxygen atoms in total. The van der Waals surface area contributed by atoms with Gasteiger partial charge in [0, 0.05) is 12.3 Å². The van der Waals surface area contributed by atoms with Crippen molar-refractivity contribution in [2.75, 3.05) is 6.61 Å². The van der Waals surface area contributed by atoms with Crippen LogP contribution < -0.4 is 0 Å². The van der Waals surface area contributed by atoms with Gasteiger partial charge in [-0.1, -0.05) is 58.5 Å². The molecular weight excluding hydrogens is 496 g/mol. The van der Waals surface area contributed by atoms with Crippen LogP contribution in [0, 0.1) is 11.8 Å². The first-order valence-electron chi connectivity index (χ1n) is 12.8. The SMILES string of the molecule is C=CCOC(=O)[C@@H]1C[C@]23O[C@](CC)(C[C@H]2O)[C@H](S(=O)(=O)c2ccccc2)[C@H]3[C@H]1O[Si](C)(C)C(C)(C)C. The van der Waals surface area contributed by atoms with Crippen LogP contribution in [0.25, 0.3) is 0 Å². The molecular formula is C27H40O7SSi. The molecule has 9 heteroatoms. The highest BCUT2D eigenvalue weighted by molar-refractivity contribution is 7.92. The van der Waals surface area contributed by atoms with Crippen LogP contribution in [0.2, 0.25) is 18.1 Å². The highest BCUT2D eigenvalue weighted by atomic mass is 32.2. The van der Waals surface area contributed by atoms with Gasteiger partial charge in [0.05, 0.1) is 28.6 Å². The van der Waals surface area contributed by atoms with Gasteiger partial charge in [-0.05, 0) is 43.1 Å². The Morgan fingerprint density at radius 3 is 2.44 bits per heavy atom. The van der Waals surface area contributed by atoms with E-state index < -0.39 is 64.6 Å². The third-order valence-corrected chi connectivity index (χ3v) is 15.9. The molecule has 2 saturated heterocycles. The van der Waals surface area contributed by atoms with E-state index in [-0.39, 0.29) is 29.4 Å². The van der Waals surface area contributed by atoms with Crippen molar-refractivity contribution in [3.63, 3.8) is 0 Å². The van der Waals surface area contributed by atoms with Crippen molar-refractivity contribution in [2.24, 2.45) is 11.8 Å². The number of carbonyl (C=O) groups is 1. The number of carbonyl (C=O) groups excluding carboxylic acids is 1. The number of aliphatic hydroxyl groups is 1. The number of hydrogen-bond acceptors (Lipinski definition) is 7. The summed E-state index contributed by atoms with van der Waals surface area (Å²) in [4.78, 5) is 13.5. The number of rotatable bonds is 8. The van der Waals surface area contributed by atoms with Gasteiger partial charge in [0.1, 0.15) is 17.5 Å². The zero-order chi connectivity index (χ0) is 26.7. The molecule has 1 aromatic carbocycles. The number of esters is 1. The summed E-state index contributed by atoms with van der Waals surface area (Å²) >= 11 is 0. The maximum absolute atomic E-state index is 14.3. The molecule has 200 valence electrons. The van der Waals surface area contributed by atoms with Gasteiger partial charge >= 0.3 is 5.97 Å². The molecule has 0 aromatic heterocycles. The Labute approximate surface area is 216 Å². The first kappa shape index (κ1) is 27.5. The largest absolute Gasteiger partial charge is 0.461 e. The van der Waals surface area contributed by atoms with E-state index >= 15 is 0 Å². The summed E-state index contributed by atoms with van der Waals surface area (Å²) in [6, 6.07) is 8.39. The Balaban J connectivity index is 1.88. The third-order valence-electron chi connectivity index (χ3n) is 9.08. The molecule has 1 N–H and O–H groups in total. The molecule has 1 spiro atoms. The monoisotopic (exact) mass is 536 g/mol. The second-order valence-electron chi connectivity index (χ2n) is 12.1. The van der Waals surface area contributed by atoms with Crippen LogP contribution in [0.3, 0.4) is 0 Å². The van der Waals surface area contributed by atoms with Crippen molar-refractivity contribution < 1.29 is 32.2 Å². The molecule has 1 saturated carbocycles. The molecule has 3 fully saturated rings. The van der Waals surface area contributed by atoms with E-state index in [0.717, 1.165) is 0 Å². The van der Waals surface area contributed by atoms with Crippen molar-refractivity contribution in [1.82, 2.24) is 0 Å². The predicted molar refractivity (Wildman–Crippen MR) is 140 cm³/mol. The number of fused-ring (bicyclic) bond motifs is 1. The zero-order valence-electron chi connectivity index (χ0n) is 22.2. The Hall–Kier alpha value is -1.52. The minimum Gasteiger partial charge on any atom is -0.461 e. The van der Waals surface area contributed by atoms with Crippen molar-refractivity contribution >= 4 is 24.1 Å². The molecule has 1 aromatic rings. The van der Waals surface area contributed by atoms with Crippen LogP contribution in [-0.4, -0.2) is 63.1 Å². The lowest BCUT2D eigenvalue weighted by molar-refractivity contribution is -0.151. The molecule has 0 amide bonds. The fourth-order valence-electron chi connectivity index (χ4n) is 6.30. The van der Waals surface area contributed by atoms with Gasteiger partial charge in [-0.2, -0.15) is 0 Å². The number of hydrogen-bond donors (Lipinski definition) is 1. The number of benzene rings is 1. The summed E-state index contributed by atoms with van der Waals surface area (Å²) < 4.78 is 47.5. The standard InChI is InChI=1S/C27H40O7SSi/c1-8-15-32-24(29)19-16-27-20(28)17-26(9-2,34-27)23(35(30,31)18-13-11-10-12-14-18)21(27)22(19)33-36(6,7)25(3,4)5/h8,10-14,19-23,28H,1,9,15-17H2,2-7H3/t19-,20-,21-,22+,23-,26-,27+/m1/s1. The maximum Gasteiger partial charge on any atom is 0.311 e. The van der Waals surface area contributed by atoms with E-state index in [9.17, 15) is 18.3 Å². The fraction of sp³-hybridized carbons (Fsp3) is 0.667. The minimum atomic E-state index is -3.88. The summed E-state index contributed by atoms with van der Waals surface area (Å²) in [5.41, 5.74) is -2.24. The number of sulfone groups is 1. The quantitative estimate of drug-likeness (QED) is 0.301. The topological polar surface area (TPSA) is 99.1 Å². The van der Waals surface area contributed by atoms with Gasteiger partial charge in [0.2, 0.25) is 0 Å². The average Bonchev–Trinajstić information content (AvgIpc) is 3.38. The number of aliphatic hydroxyl groups excluding tert-OH is 1. The van der Waals surface area contributed by atoms with Crippen LogP contribution in [-0.2, 0) is 28.5 Å². The Bertz CT molecular complexity index is 1110. The molecule has 0 radical (unpaired) electrons. The van der Waals surface area contributed by atoms with Crippen LogP contribution >= 0.6 is 0 Å². The van der Waals surface area contributed by atoms with Crippen molar-refractivity contribution in [1.29, 1.82) is 0 Å². The lowest BCUT2D eigenvalue weighted by atomic mass is 9.72. The van der Waals surface area contributed by atoms with Crippen molar-refractivity contribution in [2.45, 2.75) is 98.6 Å². The smallest absolute Gasteiger partial charge is 0.311 e. The molecule has 3 aliphatic rings. The summed E-state index contributed by atoms with van der Waals surface area (Å²) in [5, 5.41) is 10.2. The Kier molecular flexibility index (Phi) is 6.91. The normalized spacial score (nSPS) is 36.0. The van der Waals surface area contributed by atoms with Crippen LogP contribution in [0.4, 0.5) is 0 Å². The van der Waals surface area contributed by atoms with Gasteiger partial charge < -0.3 is 19.0 Å². The molecule has 0 unspecified atom stereocenters. The lowest BCUT2D eigenvalue weighted by Crippen LogP contribution is -2.58. The lowest BCUT2D eigenvalue weighted by Gasteiger charge is -2.44. The van der Waals surface area contributed by atoms with Crippen LogP contribution in [0.5, 0.6) is 0 Å². The summed E-state index contributed by atoms with van der Waals surface area (Å²) in [7, 11) is -6.35. The van der Waals surface area contributed by atoms with Crippen molar-refractivity contribution in [3.05, 3.63) is 43.0 Å². The van der Waals surface area contributed by atoms with Gasteiger partial charge in [-0.15, -0.1) is 0 Å². The van der Waals surface area contributed by atoms with E-state index in [1.807, 2.05) is 6.92 Å². The zero-order valence-corrected chi connectivity index (χ0v) is 24.0. The summed E-state index contributed by atoms with van der Waals surface area (Å²) in [6.45, 7) is 16.1. The second-order valence-corrected chi connectivity index (χ2v) is 18.9. The highest BCUT2D eigenvalue weighted by Crippen LogP contribution is 2.66. The summed E-state index contributed by atoms with van der Waals surface area (Å²) in [5.74, 6) is -1.93. The first-order valence-corrected chi connectivity index (χ1v) is 17.2. The average molecular weight is 537 g/mol. The fourth-order valence-corrected chi connectivity index (χ4v) is 10.1. The molecule has 4 rings (SSSR count). The third kappa shape index (κ3) is 4.02. The predicted octanol–water partition coefficient (Wildman–Crippen LogP) is 4.27. The minimum absolute atomic E-state index is 0.0495. The molecule has 7 atom stereocenters. The molecule has 36 heavy (non-hydrogen) atoms. The maximum atomic E-state index is 14.3. The Morgan fingerprint density at radius 1 is 1.25 bits per heavy atom. The van der Waals surface area contributed by atoms with E-state index in [4.69, 9.17) is 13.9 Å². The van der Waals surface area contributed by atoms with E-state index in [2.05, 4.69) is 40.4 Å². The highest BCUT2D eigenvalue weighted by Gasteiger charge is 2.79. The van der Waals surface area contributed by atoms with E-state index in [1.54, 1.807) is 30.3 Å². The molecule has 2 bridgehead atoms. The van der Waals surface area contributed by atoms with Gasteiger partial charge in [-0.3, -0.25) is 4.79 Å². The van der Waals surface area contributed by atoms with Gasteiger partial charge in [0.15, 0.2) is 18.2 Å². The van der Waals surface area contributed by atoms with Crippen molar-refractivity contribution in [3.8, 4) is 0 Å². The first-order chi connectivity index (χ1) is 16.7. The van der Waals surface area contributed by atoms with Crippen LogP contribution in [0.15, 0.2) is 47.9 Å². The molecule has 2 aliphatic heterocycles. The van der Waals surface area contributed by atoms with E-state index in [0.29, 0.717) is 6.42 Å². The summed E-state index contributed by atoms with van der Waals surface area (Å²) in [6.07, 6.45) is 0.649. The second kappa shape index (κ2) is 9.05. The Morgan fingerprint density at radius 2 is 1.89 bits per heavy atom. The molecule has 2 heterocycles.